The maximum Gasteiger partial charge on any atom is 0.472 e. The summed E-state index contributed by atoms with van der Waals surface area (Å²) in [5.41, 5.74) is 0. The average molecular weight is 1480 g/mol. The molecule has 0 spiro atoms. The van der Waals surface area contributed by atoms with Crippen LogP contribution in [0.25, 0.3) is 0 Å². The SMILES string of the molecule is CCCCCCCCCCCCCCCCCCCCCCC(=O)O[C@H](COC(=O)CCCCCCCCCCCCCCCCC(C)CC)COP(=O)(O)OC[C@@H](O)COP(=O)(O)OC[C@@H](COC(=O)CCCCCCCCC)OC(=O)CCCCCCCCCCCCCCCCCC. The van der Waals surface area contributed by atoms with Gasteiger partial charge in [0.2, 0.25) is 0 Å². The summed E-state index contributed by atoms with van der Waals surface area (Å²) in [6.45, 7) is 7.35. The van der Waals surface area contributed by atoms with Crippen molar-refractivity contribution in [3.8, 4) is 0 Å². The van der Waals surface area contributed by atoms with E-state index in [1.807, 2.05) is 0 Å². The van der Waals surface area contributed by atoms with Gasteiger partial charge in [0.15, 0.2) is 12.2 Å². The average Bonchev–Trinajstić information content (AvgIpc) is 0.923. The predicted octanol–water partition coefficient (Wildman–Crippen LogP) is 24.8. The van der Waals surface area contributed by atoms with Crippen molar-refractivity contribution in [2.45, 2.75) is 457 Å². The third-order valence-electron chi connectivity index (χ3n) is 19.6. The molecule has 17 nitrogen and oxygen atoms in total. The quantitative estimate of drug-likeness (QED) is 0.0222. The molecule has 0 heterocycles. The lowest BCUT2D eigenvalue weighted by Gasteiger charge is -2.21. The fraction of sp³-hybridized carbons (Fsp3) is 0.951. The molecule has 0 bridgehead atoms. The van der Waals surface area contributed by atoms with Crippen LogP contribution in [0.15, 0.2) is 0 Å². The molecule has 600 valence electrons. The first-order valence-electron chi connectivity index (χ1n) is 42.7. The van der Waals surface area contributed by atoms with Crippen LogP contribution in [-0.4, -0.2) is 96.7 Å². The second kappa shape index (κ2) is 74.9. The number of hydrogen-bond acceptors (Lipinski definition) is 15. The monoisotopic (exact) mass is 1480 g/mol. The largest absolute Gasteiger partial charge is 0.472 e. The third-order valence-corrected chi connectivity index (χ3v) is 21.5. The van der Waals surface area contributed by atoms with E-state index in [0.29, 0.717) is 25.7 Å². The number of aliphatic hydroxyl groups is 1. The number of ether oxygens (including phenoxy) is 4. The Hall–Kier alpha value is -1.94. The Bertz CT molecular complexity index is 1930. The van der Waals surface area contributed by atoms with Crippen molar-refractivity contribution >= 4 is 39.5 Å². The molecule has 0 aliphatic heterocycles. The number of aliphatic hydroxyl groups excluding tert-OH is 1. The van der Waals surface area contributed by atoms with Crippen molar-refractivity contribution in [2.24, 2.45) is 5.92 Å². The molecule has 0 fully saturated rings. The highest BCUT2D eigenvalue weighted by atomic mass is 31.2. The van der Waals surface area contributed by atoms with E-state index in [-0.39, 0.29) is 25.7 Å². The fourth-order valence-electron chi connectivity index (χ4n) is 12.7. The summed E-state index contributed by atoms with van der Waals surface area (Å²) in [7, 11) is -9.91. The molecule has 0 saturated carbocycles. The van der Waals surface area contributed by atoms with Crippen molar-refractivity contribution in [2.75, 3.05) is 39.6 Å². The summed E-state index contributed by atoms with van der Waals surface area (Å²) in [6, 6.07) is 0. The number of hydrogen-bond donors (Lipinski definition) is 3. The Morgan fingerprint density at radius 1 is 0.277 bits per heavy atom. The highest BCUT2D eigenvalue weighted by molar-refractivity contribution is 7.47. The first-order chi connectivity index (χ1) is 49.1. The predicted molar refractivity (Wildman–Crippen MR) is 414 cm³/mol. The zero-order valence-corrected chi connectivity index (χ0v) is 67.8. The van der Waals surface area contributed by atoms with Crippen LogP contribution < -0.4 is 0 Å². The molecule has 0 radical (unpaired) electrons. The molecule has 0 amide bonds. The Kier molecular flexibility index (Phi) is 73.5. The second-order valence-electron chi connectivity index (χ2n) is 29.8. The van der Waals surface area contributed by atoms with Crippen molar-refractivity contribution in [1.29, 1.82) is 0 Å². The van der Waals surface area contributed by atoms with Gasteiger partial charge >= 0.3 is 39.5 Å². The van der Waals surface area contributed by atoms with Crippen molar-refractivity contribution < 1.29 is 80.2 Å². The first kappa shape index (κ1) is 99.1. The number of esters is 4. The molecule has 3 unspecified atom stereocenters. The molecule has 0 rings (SSSR count). The Morgan fingerprint density at radius 3 is 0.703 bits per heavy atom. The highest BCUT2D eigenvalue weighted by Crippen LogP contribution is 2.45. The molecule has 0 aromatic carbocycles. The van der Waals surface area contributed by atoms with Crippen LogP contribution >= 0.6 is 15.6 Å². The normalized spacial score (nSPS) is 14.1. The zero-order valence-electron chi connectivity index (χ0n) is 66.1. The topological polar surface area (TPSA) is 237 Å². The number of phosphoric acid groups is 2. The molecule has 101 heavy (non-hydrogen) atoms. The van der Waals surface area contributed by atoms with E-state index in [1.54, 1.807) is 0 Å². The van der Waals surface area contributed by atoms with E-state index < -0.39 is 97.5 Å². The van der Waals surface area contributed by atoms with Crippen molar-refractivity contribution in [3.63, 3.8) is 0 Å². The summed E-state index contributed by atoms with van der Waals surface area (Å²) in [4.78, 5) is 72.9. The minimum absolute atomic E-state index is 0.108. The van der Waals surface area contributed by atoms with E-state index in [2.05, 4.69) is 34.6 Å². The lowest BCUT2D eigenvalue weighted by molar-refractivity contribution is -0.161. The van der Waals surface area contributed by atoms with Gasteiger partial charge in [0.25, 0.3) is 0 Å². The Morgan fingerprint density at radius 2 is 0.475 bits per heavy atom. The molecular weight excluding hydrogens is 1320 g/mol. The number of carbonyl (C=O) groups is 4. The van der Waals surface area contributed by atoms with Crippen LogP contribution in [-0.2, 0) is 65.4 Å². The summed E-state index contributed by atoms with van der Waals surface area (Å²) < 4.78 is 68.6. The second-order valence-corrected chi connectivity index (χ2v) is 32.7. The maximum absolute atomic E-state index is 13.1. The van der Waals surface area contributed by atoms with E-state index >= 15 is 0 Å². The van der Waals surface area contributed by atoms with Gasteiger partial charge in [-0.3, -0.25) is 37.3 Å². The minimum Gasteiger partial charge on any atom is -0.462 e. The van der Waals surface area contributed by atoms with Crippen LogP contribution in [0.2, 0.25) is 0 Å². The van der Waals surface area contributed by atoms with E-state index in [9.17, 15) is 43.2 Å². The van der Waals surface area contributed by atoms with Crippen LogP contribution in [0.3, 0.4) is 0 Å². The molecule has 6 atom stereocenters. The van der Waals surface area contributed by atoms with Crippen LogP contribution in [0.4, 0.5) is 0 Å². The van der Waals surface area contributed by atoms with Crippen LogP contribution in [0.5, 0.6) is 0 Å². The Balaban J connectivity index is 5.17. The van der Waals surface area contributed by atoms with E-state index in [4.69, 9.17) is 37.0 Å². The van der Waals surface area contributed by atoms with E-state index in [0.717, 1.165) is 109 Å². The molecular formula is C82H160O17P2. The summed E-state index contributed by atoms with van der Waals surface area (Å²) in [5.74, 6) is -1.26. The zero-order chi connectivity index (χ0) is 74.1. The van der Waals surface area contributed by atoms with Gasteiger partial charge < -0.3 is 33.8 Å². The minimum atomic E-state index is -4.96. The van der Waals surface area contributed by atoms with Crippen LogP contribution in [0.1, 0.15) is 439 Å². The van der Waals surface area contributed by atoms with Gasteiger partial charge in [-0.15, -0.1) is 0 Å². The fourth-order valence-corrected chi connectivity index (χ4v) is 14.3. The van der Waals surface area contributed by atoms with E-state index in [1.165, 1.54) is 250 Å². The number of unbranched alkanes of at least 4 members (excludes halogenated alkanes) is 53. The van der Waals surface area contributed by atoms with Gasteiger partial charge in [0.05, 0.1) is 26.4 Å². The summed E-state index contributed by atoms with van der Waals surface area (Å²) in [6.07, 6.45) is 66.7. The standard InChI is InChI=1S/C82H160O17P2/c1-6-10-13-16-19-21-23-25-27-29-30-31-32-34-40-44-48-53-58-63-68-82(87)99-78(72-93-80(85)66-61-56-51-46-42-38-36-35-37-41-45-50-54-59-64-75(5)9-4)74-97-101(90,91)95-70-76(83)69-94-100(88,89)96-73-77(71-92-79(84)65-60-55-49-18-15-12-8-3)98-81(86)67-62-57-52-47-43-39-33-28-26-24-22-20-17-14-11-7-2/h75-78,83H,6-74H2,1-5H3,(H,88,89)(H,90,91)/t75?,76-,77+,78+/m0/s1. The molecule has 0 aliphatic carbocycles. The van der Waals surface area contributed by atoms with Gasteiger partial charge in [-0.2, -0.15) is 0 Å². The van der Waals surface area contributed by atoms with Crippen molar-refractivity contribution in [1.82, 2.24) is 0 Å². The molecule has 19 heteroatoms. The van der Waals surface area contributed by atoms with Gasteiger partial charge in [-0.25, -0.2) is 9.13 Å². The van der Waals surface area contributed by atoms with Gasteiger partial charge in [-0.1, -0.05) is 388 Å². The smallest absolute Gasteiger partial charge is 0.462 e. The molecule has 0 aromatic heterocycles. The molecule has 0 aliphatic rings. The lowest BCUT2D eigenvalue weighted by atomic mass is 9.99. The Labute approximate surface area is 619 Å². The maximum atomic E-state index is 13.1. The van der Waals surface area contributed by atoms with Gasteiger partial charge in [0, 0.05) is 25.7 Å². The van der Waals surface area contributed by atoms with Crippen molar-refractivity contribution in [3.05, 3.63) is 0 Å². The first-order valence-corrected chi connectivity index (χ1v) is 45.7. The summed E-state index contributed by atoms with van der Waals surface area (Å²) in [5, 5.41) is 10.6. The lowest BCUT2D eigenvalue weighted by Crippen LogP contribution is -2.30. The molecule has 3 N–H and O–H groups in total. The number of rotatable bonds is 82. The third kappa shape index (κ3) is 74.7. The number of phosphoric ester groups is 2. The van der Waals surface area contributed by atoms with Gasteiger partial charge in [-0.05, 0) is 31.6 Å². The molecule has 0 aromatic rings. The van der Waals surface area contributed by atoms with Gasteiger partial charge in [0.1, 0.15) is 19.3 Å². The number of carbonyl (C=O) groups excluding carboxylic acids is 4. The van der Waals surface area contributed by atoms with Crippen LogP contribution in [0, 0.1) is 5.92 Å². The molecule has 0 saturated heterocycles. The highest BCUT2D eigenvalue weighted by Gasteiger charge is 2.30. The summed E-state index contributed by atoms with van der Waals surface area (Å²) >= 11 is 0.